The van der Waals surface area contributed by atoms with Gasteiger partial charge in [-0.1, -0.05) is 18.2 Å². The second-order valence-corrected chi connectivity index (χ2v) is 5.15. The summed E-state index contributed by atoms with van der Waals surface area (Å²) in [5.74, 6) is -1.34. The molecule has 6 nitrogen and oxygen atoms in total. The van der Waals surface area contributed by atoms with Crippen molar-refractivity contribution in [1.82, 2.24) is 10.3 Å². The molecule has 3 N–H and O–H groups in total. The minimum atomic E-state index is -1.03. The first-order chi connectivity index (χ1) is 11.6. The largest absolute Gasteiger partial charge is 0.478 e. The fourth-order valence-electron chi connectivity index (χ4n) is 2.43. The van der Waals surface area contributed by atoms with Crippen molar-refractivity contribution in [2.75, 3.05) is 12.4 Å². The number of hydrogen-bond acceptors (Lipinski definition) is 4. The standard InChI is InChI=1S/C18H15N3O3/c1-19-17(22)14-10-20-15-8-7-11(18(23)24)9-13(15)16(14)21-12-5-3-2-4-6-12/h2-10H,1H3,(H,19,22)(H,20,21)(H,23,24). The summed E-state index contributed by atoms with van der Waals surface area (Å²) < 4.78 is 0. The SMILES string of the molecule is CNC(=O)c1cnc2ccc(C(=O)O)cc2c1Nc1ccccc1. The van der Waals surface area contributed by atoms with Crippen molar-refractivity contribution in [3.05, 3.63) is 65.9 Å². The van der Waals surface area contributed by atoms with Gasteiger partial charge in [0.25, 0.3) is 5.91 Å². The van der Waals surface area contributed by atoms with Crippen LogP contribution in [0.1, 0.15) is 20.7 Å². The average Bonchev–Trinajstić information content (AvgIpc) is 2.61. The molecule has 0 bridgehead atoms. The van der Waals surface area contributed by atoms with Crippen molar-refractivity contribution in [2.24, 2.45) is 0 Å². The van der Waals surface area contributed by atoms with Crippen LogP contribution in [0.2, 0.25) is 0 Å². The first-order valence-corrected chi connectivity index (χ1v) is 7.30. The number of carbonyl (C=O) groups is 2. The van der Waals surface area contributed by atoms with Crippen LogP contribution in [0.15, 0.2) is 54.7 Å². The molecule has 6 heteroatoms. The van der Waals surface area contributed by atoms with Crippen molar-refractivity contribution in [3.63, 3.8) is 0 Å². The maximum atomic E-state index is 12.2. The van der Waals surface area contributed by atoms with Crippen molar-refractivity contribution in [1.29, 1.82) is 0 Å². The van der Waals surface area contributed by atoms with Crippen molar-refractivity contribution >= 4 is 34.2 Å². The Labute approximate surface area is 138 Å². The van der Waals surface area contributed by atoms with E-state index >= 15 is 0 Å². The summed E-state index contributed by atoms with van der Waals surface area (Å²) in [6.07, 6.45) is 1.48. The maximum absolute atomic E-state index is 12.2. The Morgan fingerprint density at radius 2 is 1.83 bits per heavy atom. The number of aromatic nitrogens is 1. The van der Waals surface area contributed by atoms with Gasteiger partial charge in [0, 0.05) is 24.3 Å². The summed E-state index contributed by atoms with van der Waals surface area (Å²) in [6, 6.07) is 14.0. The lowest BCUT2D eigenvalue weighted by atomic mass is 10.1. The van der Waals surface area contributed by atoms with E-state index in [4.69, 9.17) is 0 Å². The average molecular weight is 321 g/mol. The van der Waals surface area contributed by atoms with E-state index in [1.807, 2.05) is 30.3 Å². The first-order valence-electron chi connectivity index (χ1n) is 7.30. The van der Waals surface area contributed by atoms with Gasteiger partial charge in [-0.3, -0.25) is 9.78 Å². The first kappa shape index (κ1) is 15.5. The normalized spacial score (nSPS) is 10.4. The number of carboxylic acids is 1. The van der Waals surface area contributed by atoms with E-state index in [0.29, 0.717) is 22.2 Å². The van der Waals surface area contributed by atoms with Crippen LogP contribution >= 0.6 is 0 Å². The molecular formula is C18H15N3O3. The number of para-hydroxylation sites is 1. The van der Waals surface area contributed by atoms with Crippen LogP contribution in [0.4, 0.5) is 11.4 Å². The van der Waals surface area contributed by atoms with E-state index in [9.17, 15) is 14.7 Å². The molecule has 0 unspecified atom stereocenters. The van der Waals surface area contributed by atoms with Crippen LogP contribution in [0, 0.1) is 0 Å². The Balaban J connectivity index is 2.24. The third kappa shape index (κ3) is 2.89. The number of carboxylic acid groups (broad SMARTS) is 1. The minimum absolute atomic E-state index is 0.134. The van der Waals surface area contributed by atoms with Gasteiger partial charge in [0.15, 0.2) is 0 Å². The molecule has 120 valence electrons. The summed E-state index contributed by atoms with van der Waals surface area (Å²) in [4.78, 5) is 27.7. The third-order valence-corrected chi connectivity index (χ3v) is 3.63. The fraction of sp³-hybridized carbons (Fsp3) is 0.0556. The molecule has 0 aliphatic carbocycles. The molecule has 2 aromatic carbocycles. The van der Waals surface area contributed by atoms with E-state index in [2.05, 4.69) is 15.6 Å². The molecule has 3 aromatic rings. The lowest BCUT2D eigenvalue weighted by Gasteiger charge is -2.14. The highest BCUT2D eigenvalue weighted by Crippen LogP contribution is 2.30. The molecular weight excluding hydrogens is 306 g/mol. The molecule has 24 heavy (non-hydrogen) atoms. The second-order valence-electron chi connectivity index (χ2n) is 5.15. The van der Waals surface area contributed by atoms with E-state index < -0.39 is 5.97 Å². The van der Waals surface area contributed by atoms with Crippen molar-refractivity contribution < 1.29 is 14.7 Å². The third-order valence-electron chi connectivity index (χ3n) is 3.63. The molecule has 0 atom stereocenters. The van der Waals surface area contributed by atoms with Crippen LogP contribution in [-0.2, 0) is 0 Å². The number of nitrogens with one attached hydrogen (secondary N) is 2. The fourth-order valence-corrected chi connectivity index (χ4v) is 2.43. The Morgan fingerprint density at radius 3 is 2.50 bits per heavy atom. The van der Waals surface area contributed by atoms with Gasteiger partial charge >= 0.3 is 5.97 Å². The van der Waals surface area contributed by atoms with E-state index in [-0.39, 0.29) is 11.5 Å². The zero-order chi connectivity index (χ0) is 17.1. The van der Waals surface area contributed by atoms with Crippen LogP contribution in [0.5, 0.6) is 0 Å². The van der Waals surface area contributed by atoms with Crippen molar-refractivity contribution in [2.45, 2.75) is 0 Å². The summed E-state index contributed by atoms with van der Waals surface area (Å²) in [7, 11) is 1.53. The van der Waals surface area contributed by atoms with Crippen LogP contribution in [0.3, 0.4) is 0 Å². The quantitative estimate of drug-likeness (QED) is 0.687. The predicted octanol–water partition coefficient (Wildman–Crippen LogP) is 3.04. The number of carbonyl (C=O) groups excluding carboxylic acids is 1. The monoisotopic (exact) mass is 321 g/mol. The van der Waals surface area contributed by atoms with Crippen LogP contribution in [-0.4, -0.2) is 29.0 Å². The summed E-state index contributed by atoms with van der Waals surface area (Å²) >= 11 is 0. The lowest BCUT2D eigenvalue weighted by Crippen LogP contribution is -2.19. The molecule has 0 spiro atoms. The lowest BCUT2D eigenvalue weighted by molar-refractivity contribution is 0.0697. The number of fused-ring (bicyclic) bond motifs is 1. The van der Waals surface area contributed by atoms with Crippen LogP contribution < -0.4 is 10.6 Å². The number of aromatic carboxylic acids is 1. The van der Waals surface area contributed by atoms with Gasteiger partial charge in [0.05, 0.1) is 22.3 Å². The molecule has 0 fully saturated rings. The van der Waals surface area contributed by atoms with E-state index in [1.165, 1.54) is 25.4 Å². The van der Waals surface area contributed by atoms with Gasteiger partial charge in [-0.05, 0) is 30.3 Å². The van der Waals surface area contributed by atoms with Gasteiger partial charge in [-0.15, -0.1) is 0 Å². The topological polar surface area (TPSA) is 91.3 Å². The molecule has 0 aliphatic rings. The molecule has 0 saturated heterocycles. The van der Waals surface area contributed by atoms with Crippen molar-refractivity contribution in [3.8, 4) is 0 Å². The Kier molecular flexibility index (Phi) is 4.11. The molecule has 0 aliphatic heterocycles. The second kappa shape index (κ2) is 6.37. The zero-order valence-electron chi connectivity index (χ0n) is 12.9. The van der Waals surface area contributed by atoms with Gasteiger partial charge in [0.2, 0.25) is 0 Å². The van der Waals surface area contributed by atoms with Gasteiger partial charge < -0.3 is 15.7 Å². The highest BCUT2D eigenvalue weighted by atomic mass is 16.4. The van der Waals surface area contributed by atoms with Crippen LogP contribution in [0.25, 0.3) is 10.9 Å². The molecule has 0 saturated carbocycles. The van der Waals surface area contributed by atoms with Gasteiger partial charge in [-0.2, -0.15) is 0 Å². The maximum Gasteiger partial charge on any atom is 0.335 e. The minimum Gasteiger partial charge on any atom is -0.478 e. The highest BCUT2D eigenvalue weighted by Gasteiger charge is 2.16. The summed E-state index contributed by atoms with van der Waals surface area (Å²) in [6.45, 7) is 0. The highest BCUT2D eigenvalue weighted by molar-refractivity contribution is 6.09. The number of amides is 1. The molecule has 0 radical (unpaired) electrons. The number of benzene rings is 2. The van der Waals surface area contributed by atoms with Gasteiger partial charge in [0.1, 0.15) is 0 Å². The number of pyridine rings is 1. The molecule has 1 heterocycles. The summed E-state index contributed by atoms with van der Waals surface area (Å²) in [5, 5.41) is 15.6. The zero-order valence-corrected chi connectivity index (χ0v) is 12.9. The van der Waals surface area contributed by atoms with E-state index in [0.717, 1.165) is 5.69 Å². The Hall–Kier alpha value is -3.41. The molecule has 3 rings (SSSR count). The summed E-state index contributed by atoms with van der Waals surface area (Å²) in [5.41, 5.74) is 2.39. The number of nitrogens with zero attached hydrogens (tertiary/aromatic N) is 1. The Morgan fingerprint density at radius 1 is 1.08 bits per heavy atom. The van der Waals surface area contributed by atoms with E-state index in [1.54, 1.807) is 6.07 Å². The Bertz CT molecular complexity index is 923. The number of rotatable bonds is 4. The molecule has 1 amide bonds. The predicted molar refractivity (Wildman–Crippen MR) is 91.8 cm³/mol. The number of hydrogen-bond donors (Lipinski definition) is 3. The number of anilines is 2. The molecule has 1 aromatic heterocycles. The van der Waals surface area contributed by atoms with Gasteiger partial charge in [-0.25, -0.2) is 4.79 Å². The smallest absolute Gasteiger partial charge is 0.335 e.